The van der Waals surface area contributed by atoms with Crippen LogP contribution in [-0.4, -0.2) is 60.0 Å². The predicted molar refractivity (Wildman–Crippen MR) is 62.8 cm³/mol. The Bertz CT molecular complexity index is 253. The van der Waals surface area contributed by atoms with Crippen molar-refractivity contribution in [2.75, 3.05) is 32.8 Å². The van der Waals surface area contributed by atoms with Gasteiger partial charge in [-0.1, -0.05) is 6.92 Å². The largest absolute Gasteiger partial charge is 1.00 e. The molecule has 0 radical (unpaired) electrons. The molecule has 0 aromatic heterocycles. The number of nitrogens with one attached hydrogen (secondary N) is 1. The molecule has 0 aromatic rings. The van der Waals surface area contributed by atoms with Gasteiger partial charge in [-0.3, -0.25) is 14.4 Å². The zero-order valence-corrected chi connectivity index (χ0v) is 16.0. The molecule has 0 rings (SSSR count). The second kappa shape index (κ2) is 16.9. The Kier molecular flexibility index (Phi) is 22.0. The molecule has 0 spiro atoms. The fourth-order valence-corrected chi connectivity index (χ4v) is 1.10. The molecule has 0 atom stereocenters. The van der Waals surface area contributed by atoms with Crippen LogP contribution in [0.5, 0.6) is 0 Å². The van der Waals surface area contributed by atoms with Crippen LogP contribution in [0.4, 0.5) is 0 Å². The Hall–Kier alpha value is 0.820. The van der Waals surface area contributed by atoms with E-state index in [1.54, 1.807) is 5.06 Å². The number of carbonyl (C=O) groups is 2. The van der Waals surface area contributed by atoms with Crippen LogP contribution in [0.25, 0.3) is 0 Å². The molecule has 0 heterocycles. The zero-order valence-electron chi connectivity index (χ0n) is 14.0. The van der Waals surface area contributed by atoms with E-state index in [0.29, 0.717) is 26.2 Å². The van der Waals surface area contributed by atoms with Gasteiger partial charge in [0.2, 0.25) is 0 Å². The third kappa shape index (κ3) is 18.8. The van der Waals surface area contributed by atoms with Crippen LogP contribution in [0, 0.1) is 0 Å². The number of aliphatic carboxylic acids is 2. The van der Waals surface area contributed by atoms with Crippen LogP contribution in [0.1, 0.15) is 22.6 Å². The fraction of sp³-hybridized carbons (Fsp3) is 0.800. The van der Waals surface area contributed by atoms with E-state index < -0.39 is 11.9 Å². The van der Waals surface area contributed by atoms with Crippen LogP contribution in [-0.2, 0) is 14.4 Å². The molecule has 19 heavy (non-hydrogen) atoms. The number of likely N-dealkylation sites (N-methyl/N-ethyl adjacent to an activating group) is 1. The summed E-state index contributed by atoms with van der Waals surface area (Å²) in [5, 5.41) is 21.4. The van der Waals surface area contributed by atoms with Gasteiger partial charge in [0, 0.05) is 26.2 Å². The maximum absolute atomic E-state index is 10.3. The summed E-state index contributed by atoms with van der Waals surface area (Å²) < 4.78 is 0. The second-order valence-electron chi connectivity index (χ2n) is 3.39. The predicted octanol–water partition coefficient (Wildman–Crippen LogP) is -5.99. The molecule has 3 N–H and O–H groups in total. The molecule has 0 unspecified atom stereocenters. The van der Waals surface area contributed by atoms with Crippen molar-refractivity contribution in [3.05, 3.63) is 0 Å². The monoisotopic (exact) mass is 296 g/mol. The first-order valence-electron chi connectivity index (χ1n) is 5.58. The van der Waals surface area contributed by atoms with Gasteiger partial charge in [0.1, 0.15) is 0 Å². The van der Waals surface area contributed by atoms with Crippen LogP contribution in [0.3, 0.4) is 0 Å². The summed E-state index contributed by atoms with van der Waals surface area (Å²) in [7, 11) is 0. The van der Waals surface area contributed by atoms with Crippen LogP contribution < -0.4 is 64.4 Å². The fourth-order valence-electron chi connectivity index (χ4n) is 1.10. The van der Waals surface area contributed by atoms with E-state index in [4.69, 9.17) is 15.1 Å². The van der Waals surface area contributed by atoms with E-state index in [1.807, 2.05) is 6.92 Å². The Balaban J connectivity index is -0.000000213. The maximum atomic E-state index is 10.3. The van der Waals surface area contributed by atoms with Gasteiger partial charge in [-0.05, 0) is 0 Å². The molecular weight excluding hydrogens is 274 g/mol. The van der Waals surface area contributed by atoms with Crippen molar-refractivity contribution in [2.24, 2.45) is 0 Å². The van der Waals surface area contributed by atoms with Crippen molar-refractivity contribution in [3.63, 3.8) is 0 Å². The van der Waals surface area contributed by atoms with E-state index in [9.17, 15) is 9.59 Å². The number of carboxylic acids is 2. The number of hydroxylamine groups is 2. The quantitative estimate of drug-likeness (QED) is 0.198. The number of rotatable bonds is 11. The van der Waals surface area contributed by atoms with E-state index in [2.05, 4.69) is 5.32 Å². The van der Waals surface area contributed by atoms with Gasteiger partial charge in [0.25, 0.3) is 0 Å². The molecule has 0 aliphatic rings. The van der Waals surface area contributed by atoms with Gasteiger partial charge < -0.3 is 18.4 Å². The summed E-state index contributed by atoms with van der Waals surface area (Å²) in [6.07, 6.45) is 0.0644. The minimum atomic E-state index is -0.888. The van der Waals surface area contributed by atoms with Crippen molar-refractivity contribution in [1.82, 2.24) is 10.4 Å². The molecule has 9 heteroatoms. The SMILES string of the molecule is CCN(CCNCCC(=O)O)OCCC(=O)O.[H-].[H-].[Na+].[Na+]. The van der Waals surface area contributed by atoms with E-state index in [-0.39, 0.29) is 81.4 Å². The average Bonchev–Trinajstić information content (AvgIpc) is 2.25. The van der Waals surface area contributed by atoms with E-state index in [1.165, 1.54) is 0 Å². The smallest absolute Gasteiger partial charge is 1.00 e. The van der Waals surface area contributed by atoms with Gasteiger partial charge in [0.15, 0.2) is 0 Å². The maximum Gasteiger partial charge on any atom is 1.00 e. The minimum absolute atomic E-state index is 0. The van der Waals surface area contributed by atoms with Crippen molar-refractivity contribution in [2.45, 2.75) is 19.8 Å². The third-order valence-corrected chi connectivity index (χ3v) is 2.00. The summed E-state index contributed by atoms with van der Waals surface area (Å²) in [6, 6.07) is 0. The van der Waals surface area contributed by atoms with Gasteiger partial charge in [0.05, 0.1) is 19.4 Å². The second-order valence-corrected chi connectivity index (χ2v) is 3.39. The molecule has 0 saturated heterocycles. The first-order valence-corrected chi connectivity index (χ1v) is 5.58. The number of hydrogen-bond acceptors (Lipinski definition) is 5. The normalized spacial score (nSPS) is 9.58. The molecule has 0 aromatic carbocycles. The topological polar surface area (TPSA) is 99.1 Å². The Morgan fingerprint density at radius 1 is 1.16 bits per heavy atom. The minimum Gasteiger partial charge on any atom is -1.00 e. The molecule has 0 saturated carbocycles. The molecule has 0 amide bonds. The van der Waals surface area contributed by atoms with Crippen LogP contribution in [0.15, 0.2) is 0 Å². The summed E-state index contributed by atoms with van der Waals surface area (Å²) >= 11 is 0. The molecule has 7 nitrogen and oxygen atoms in total. The van der Waals surface area contributed by atoms with Crippen molar-refractivity contribution < 1.29 is 86.6 Å². The van der Waals surface area contributed by atoms with Crippen molar-refractivity contribution in [3.8, 4) is 0 Å². The van der Waals surface area contributed by atoms with E-state index in [0.717, 1.165) is 0 Å². The Morgan fingerprint density at radius 2 is 1.74 bits per heavy atom. The molecule has 104 valence electrons. The number of nitrogens with zero attached hydrogens (tertiary/aromatic N) is 1. The third-order valence-electron chi connectivity index (χ3n) is 2.00. The van der Waals surface area contributed by atoms with Gasteiger partial charge >= 0.3 is 71.1 Å². The van der Waals surface area contributed by atoms with Crippen LogP contribution >= 0.6 is 0 Å². The standard InChI is InChI=1S/C10H20N2O5.2Na.2H/c1-2-12(17-8-4-10(15)16)7-6-11-5-3-9(13)14;;;;/h11H,2-8H2,1H3,(H,13,14)(H,15,16);;;;/q;2*+1;2*-1. The van der Waals surface area contributed by atoms with Gasteiger partial charge in [-0.2, -0.15) is 5.06 Å². The summed E-state index contributed by atoms with van der Waals surface area (Å²) in [5.74, 6) is -1.72. The number of hydrogen-bond donors (Lipinski definition) is 3. The zero-order chi connectivity index (χ0) is 13.1. The van der Waals surface area contributed by atoms with E-state index >= 15 is 0 Å². The summed E-state index contributed by atoms with van der Waals surface area (Å²) in [6.45, 7) is 4.32. The Labute approximate surface area is 160 Å². The molecule has 0 bridgehead atoms. The van der Waals surface area contributed by atoms with Crippen molar-refractivity contribution in [1.29, 1.82) is 0 Å². The van der Waals surface area contributed by atoms with Gasteiger partial charge in [-0.25, -0.2) is 0 Å². The molecule has 0 aliphatic heterocycles. The average molecular weight is 296 g/mol. The first kappa shape index (κ1) is 24.8. The molecule has 0 fully saturated rings. The summed E-state index contributed by atoms with van der Waals surface area (Å²) in [4.78, 5) is 25.7. The van der Waals surface area contributed by atoms with Crippen LogP contribution in [0.2, 0.25) is 0 Å². The molecule has 0 aliphatic carbocycles. The number of carboxylic acid groups (broad SMARTS) is 2. The first-order chi connectivity index (χ1) is 8.06. The van der Waals surface area contributed by atoms with Crippen molar-refractivity contribution >= 4 is 11.9 Å². The molecular formula is C10H22N2Na2O5. The van der Waals surface area contributed by atoms with Gasteiger partial charge in [-0.15, -0.1) is 0 Å². The Morgan fingerprint density at radius 3 is 2.21 bits per heavy atom. The summed E-state index contributed by atoms with van der Waals surface area (Å²) in [5.41, 5.74) is 0.